The first-order valence-corrected chi connectivity index (χ1v) is 7.33. The van der Waals surface area contributed by atoms with Crippen LogP contribution in [0.15, 0.2) is 42.5 Å². The molecule has 0 aliphatic heterocycles. The second kappa shape index (κ2) is 7.19. The first kappa shape index (κ1) is 14.7. The molecule has 0 aliphatic carbocycles. The van der Waals surface area contributed by atoms with Crippen LogP contribution < -0.4 is 11.3 Å². The quantitative estimate of drug-likeness (QED) is 0.486. The molecule has 2 rings (SSSR count). The van der Waals surface area contributed by atoms with Gasteiger partial charge in [-0.1, -0.05) is 30.3 Å². The van der Waals surface area contributed by atoms with E-state index in [1.165, 1.54) is 21.8 Å². The Bertz CT molecular complexity index is 553. The monoisotopic (exact) mass is 289 g/mol. The number of nitrogens with zero attached hydrogens (tertiary/aromatic N) is 1. The Kier molecular flexibility index (Phi) is 5.29. The minimum absolute atomic E-state index is 0.229. The van der Waals surface area contributed by atoms with Crippen LogP contribution in [-0.2, 0) is 13.0 Å². The summed E-state index contributed by atoms with van der Waals surface area (Å²) in [5.74, 6) is 4.89. The number of hydrogen-bond acceptors (Lipinski definition) is 4. The number of hydrazine groups is 1. The lowest BCUT2D eigenvalue weighted by Gasteiger charge is -2.15. The fourth-order valence-electron chi connectivity index (χ4n) is 1.97. The van der Waals surface area contributed by atoms with E-state index >= 15 is 0 Å². The van der Waals surface area contributed by atoms with Gasteiger partial charge in [0.1, 0.15) is 0 Å². The van der Waals surface area contributed by atoms with Gasteiger partial charge in [0.25, 0.3) is 5.91 Å². The van der Waals surface area contributed by atoms with E-state index in [9.17, 15) is 4.79 Å². The fraction of sp³-hybridized carbons (Fsp3) is 0.267. The van der Waals surface area contributed by atoms with Gasteiger partial charge in [-0.2, -0.15) is 0 Å². The first-order chi connectivity index (χ1) is 9.69. The minimum atomic E-state index is -0.229. The molecule has 3 N–H and O–H groups in total. The van der Waals surface area contributed by atoms with Gasteiger partial charge in [0, 0.05) is 18.0 Å². The summed E-state index contributed by atoms with van der Waals surface area (Å²) in [6.45, 7) is 1.83. The predicted molar refractivity (Wildman–Crippen MR) is 82.5 cm³/mol. The SMILES string of the molecule is CN(CCc1ccccc1)Cc1ccc(C(=O)NN)s1. The first-order valence-electron chi connectivity index (χ1n) is 6.51. The summed E-state index contributed by atoms with van der Waals surface area (Å²) < 4.78 is 0. The third-order valence-corrected chi connectivity index (χ3v) is 4.14. The van der Waals surface area contributed by atoms with Crippen LogP contribution in [0.1, 0.15) is 20.1 Å². The zero-order valence-electron chi connectivity index (χ0n) is 11.5. The average molecular weight is 289 g/mol. The Balaban J connectivity index is 1.83. The molecule has 0 saturated carbocycles. The molecule has 0 radical (unpaired) electrons. The van der Waals surface area contributed by atoms with Gasteiger partial charge in [-0.3, -0.25) is 10.2 Å². The number of thiophene rings is 1. The van der Waals surface area contributed by atoms with Crippen molar-refractivity contribution in [3.8, 4) is 0 Å². The van der Waals surface area contributed by atoms with E-state index in [4.69, 9.17) is 5.84 Å². The van der Waals surface area contributed by atoms with Gasteiger partial charge >= 0.3 is 0 Å². The van der Waals surface area contributed by atoms with Gasteiger partial charge in [-0.25, -0.2) is 5.84 Å². The number of carbonyl (C=O) groups excluding carboxylic acids is 1. The van der Waals surface area contributed by atoms with E-state index in [1.807, 2.05) is 18.2 Å². The fourth-order valence-corrected chi connectivity index (χ4v) is 2.96. The van der Waals surface area contributed by atoms with Crippen LogP contribution >= 0.6 is 11.3 Å². The lowest BCUT2D eigenvalue weighted by atomic mass is 10.1. The van der Waals surface area contributed by atoms with Crippen LogP contribution in [0.25, 0.3) is 0 Å². The highest BCUT2D eigenvalue weighted by Crippen LogP contribution is 2.17. The summed E-state index contributed by atoms with van der Waals surface area (Å²) in [7, 11) is 2.09. The third kappa shape index (κ3) is 4.16. The van der Waals surface area contributed by atoms with Gasteiger partial charge in [0.15, 0.2) is 0 Å². The molecule has 2 aromatic rings. The minimum Gasteiger partial charge on any atom is -0.301 e. The van der Waals surface area contributed by atoms with Crippen molar-refractivity contribution in [1.29, 1.82) is 0 Å². The summed E-state index contributed by atoms with van der Waals surface area (Å²) in [6, 6.07) is 14.2. The standard InChI is InChI=1S/C15H19N3OS/c1-18(10-9-12-5-3-2-4-6-12)11-13-7-8-14(20-13)15(19)17-16/h2-8H,9-11,16H2,1H3,(H,17,19). The summed E-state index contributed by atoms with van der Waals surface area (Å²) >= 11 is 1.48. The Morgan fingerprint density at radius 2 is 2.00 bits per heavy atom. The number of hydrogen-bond donors (Lipinski definition) is 2. The second-order valence-electron chi connectivity index (χ2n) is 4.71. The van der Waals surface area contributed by atoms with Crippen molar-refractivity contribution in [1.82, 2.24) is 10.3 Å². The number of nitrogens with two attached hydrogens (primary N) is 1. The molecule has 0 fully saturated rings. The molecule has 1 aromatic carbocycles. The number of nitrogens with one attached hydrogen (secondary N) is 1. The molecule has 1 heterocycles. The van der Waals surface area contributed by atoms with E-state index in [2.05, 4.69) is 41.6 Å². The van der Waals surface area contributed by atoms with E-state index in [1.54, 1.807) is 0 Å². The highest BCUT2D eigenvalue weighted by atomic mass is 32.1. The van der Waals surface area contributed by atoms with Crippen LogP contribution in [0.4, 0.5) is 0 Å². The Hall–Kier alpha value is -1.69. The van der Waals surface area contributed by atoms with Gasteiger partial charge < -0.3 is 4.90 Å². The van der Waals surface area contributed by atoms with Gasteiger partial charge in [-0.05, 0) is 31.2 Å². The number of benzene rings is 1. The van der Waals surface area contributed by atoms with E-state index in [0.29, 0.717) is 4.88 Å². The van der Waals surface area contributed by atoms with Crippen molar-refractivity contribution in [2.75, 3.05) is 13.6 Å². The smallest absolute Gasteiger partial charge is 0.275 e. The normalized spacial score (nSPS) is 10.8. The summed E-state index contributed by atoms with van der Waals surface area (Å²) in [5, 5.41) is 0. The maximum absolute atomic E-state index is 11.4. The Labute approximate surface area is 123 Å². The molecule has 5 heteroatoms. The lowest BCUT2D eigenvalue weighted by molar-refractivity contribution is 0.0957. The maximum atomic E-state index is 11.4. The van der Waals surface area contributed by atoms with Crippen molar-refractivity contribution >= 4 is 17.2 Å². The molecule has 0 saturated heterocycles. The number of likely N-dealkylation sites (N-methyl/N-ethyl adjacent to an activating group) is 1. The van der Waals surface area contributed by atoms with Crippen molar-refractivity contribution < 1.29 is 4.79 Å². The molecule has 0 aliphatic rings. The predicted octanol–water partition coefficient (Wildman–Crippen LogP) is 2.03. The number of nitrogen functional groups attached to an aromatic ring is 1. The molecule has 20 heavy (non-hydrogen) atoms. The van der Waals surface area contributed by atoms with Crippen LogP contribution in [-0.4, -0.2) is 24.4 Å². The van der Waals surface area contributed by atoms with Gasteiger partial charge in [-0.15, -0.1) is 11.3 Å². The second-order valence-corrected chi connectivity index (χ2v) is 5.88. The Morgan fingerprint density at radius 1 is 1.25 bits per heavy atom. The summed E-state index contributed by atoms with van der Waals surface area (Å²) in [5.41, 5.74) is 3.49. The highest BCUT2D eigenvalue weighted by molar-refractivity contribution is 7.14. The van der Waals surface area contributed by atoms with Crippen molar-refractivity contribution in [2.45, 2.75) is 13.0 Å². The Morgan fingerprint density at radius 3 is 2.70 bits per heavy atom. The summed E-state index contributed by atoms with van der Waals surface area (Å²) in [4.78, 5) is 15.5. The lowest BCUT2D eigenvalue weighted by Crippen LogP contribution is -2.29. The van der Waals surface area contributed by atoms with Gasteiger partial charge in [0.2, 0.25) is 0 Å². The van der Waals surface area contributed by atoms with Crippen molar-refractivity contribution in [3.05, 3.63) is 57.8 Å². The van der Waals surface area contributed by atoms with E-state index in [0.717, 1.165) is 19.5 Å². The number of rotatable bonds is 6. The topological polar surface area (TPSA) is 58.4 Å². The maximum Gasteiger partial charge on any atom is 0.275 e. The zero-order chi connectivity index (χ0) is 14.4. The highest BCUT2D eigenvalue weighted by Gasteiger charge is 2.09. The zero-order valence-corrected chi connectivity index (χ0v) is 12.3. The molecule has 0 bridgehead atoms. The van der Waals surface area contributed by atoms with Crippen LogP contribution in [0.2, 0.25) is 0 Å². The molecular weight excluding hydrogens is 270 g/mol. The van der Waals surface area contributed by atoms with E-state index in [-0.39, 0.29) is 5.91 Å². The number of carbonyl (C=O) groups is 1. The molecule has 4 nitrogen and oxygen atoms in total. The number of amides is 1. The molecule has 1 aromatic heterocycles. The van der Waals surface area contributed by atoms with Crippen LogP contribution in [0.5, 0.6) is 0 Å². The molecule has 0 unspecified atom stereocenters. The van der Waals surface area contributed by atoms with E-state index < -0.39 is 0 Å². The van der Waals surface area contributed by atoms with Gasteiger partial charge in [0.05, 0.1) is 4.88 Å². The van der Waals surface area contributed by atoms with Crippen molar-refractivity contribution in [3.63, 3.8) is 0 Å². The third-order valence-electron chi connectivity index (χ3n) is 3.07. The largest absolute Gasteiger partial charge is 0.301 e. The molecule has 1 amide bonds. The molecule has 106 valence electrons. The average Bonchev–Trinajstić information content (AvgIpc) is 2.94. The summed E-state index contributed by atoms with van der Waals surface area (Å²) in [6.07, 6.45) is 1.03. The van der Waals surface area contributed by atoms with Crippen LogP contribution in [0, 0.1) is 0 Å². The molecular formula is C15H19N3OS. The van der Waals surface area contributed by atoms with Crippen molar-refractivity contribution in [2.24, 2.45) is 5.84 Å². The molecule has 0 atom stereocenters. The molecule has 0 spiro atoms. The van der Waals surface area contributed by atoms with Crippen LogP contribution in [0.3, 0.4) is 0 Å².